The molecule has 212 valence electrons. The number of hydrogen-bond acceptors (Lipinski definition) is 9. The van der Waals surface area contributed by atoms with E-state index in [2.05, 4.69) is 38.9 Å². The number of hydrogen-bond donors (Lipinski definition) is 3. The number of rotatable bonds is 7. The fraction of sp³-hybridized carbons (Fsp3) is 0.880. The molecule has 9 nitrogen and oxygen atoms in total. The zero-order valence-electron chi connectivity index (χ0n) is 22.2. The van der Waals surface area contributed by atoms with Gasteiger partial charge in [0.05, 0.1) is 25.3 Å². The summed E-state index contributed by atoms with van der Waals surface area (Å²) < 4.78 is 45.2. The molecular weight excluding hydrogens is 489 g/mol. The number of aliphatic hydroxyl groups excluding tert-OH is 2. The first kappa shape index (κ1) is 28.6. The Bertz CT molecular complexity index is 810. The Labute approximate surface area is 217 Å². The number of piperazine rings is 1. The smallest absolute Gasteiger partial charge is 0.388 e. The summed E-state index contributed by atoms with van der Waals surface area (Å²) in [7, 11) is 1.52. The highest BCUT2D eigenvalue weighted by molar-refractivity contribution is 5.92. The van der Waals surface area contributed by atoms with Crippen LogP contribution in [0.1, 0.15) is 26.7 Å². The van der Waals surface area contributed by atoms with Gasteiger partial charge in [-0.1, -0.05) is 0 Å². The normalized spacial score (nSPS) is 32.0. The molecule has 12 heteroatoms. The van der Waals surface area contributed by atoms with Crippen LogP contribution in [-0.4, -0.2) is 145 Å². The predicted octanol–water partition coefficient (Wildman–Crippen LogP) is 0.551. The molecule has 0 aliphatic carbocycles. The highest BCUT2D eigenvalue weighted by Gasteiger charge is 2.41. The van der Waals surface area contributed by atoms with Crippen LogP contribution in [0.15, 0.2) is 17.0 Å². The molecule has 3 fully saturated rings. The Morgan fingerprint density at radius 3 is 2.24 bits per heavy atom. The maximum absolute atomic E-state index is 13.1. The molecule has 3 N–H and O–H groups in total. The van der Waals surface area contributed by atoms with Crippen LogP contribution in [0.2, 0.25) is 0 Å². The van der Waals surface area contributed by atoms with Crippen LogP contribution in [0.3, 0.4) is 0 Å². The minimum absolute atomic E-state index is 0.00891. The molecule has 0 saturated carbocycles. The third-order valence-corrected chi connectivity index (χ3v) is 8.09. The number of halogens is 3. The number of aliphatic imine (C=N–C) groups is 1. The summed E-state index contributed by atoms with van der Waals surface area (Å²) >= 11 is 0. The Hall–Kier alpha value is -1.44. The maximum atomic E-state index is 13.1. The quantitative estimate of drug-likeness (QED) is 0.439. The Morgan fingerprint density at radius 1 is 1.03 bits per heavy atom. The van der Waals surface area contributed by atoms with Crippen LogP contribution in [0.5, 0.6) is 0 Å². The van der Waals surface area contributed by atoms with E-state index in [1.54, 1.807) is 0 Å². The minimum Gasteiger partial charge on any atom is -0.388 e. The molecule has 3 saturated heterocycles. The van der Waals surface area contributed by atoms with Crippen molar-refractivity contribution in [2.24, 2.45) is 10.9 Å². The van der Waals surface area contributed by atoms with Crippen LogP contribution in [-0.2, 0) is 4.74 Å². The molecular formula is C25H43F3N6O3. The SMILES string of the molecule is CC(C)N1CCC(CN2CCN(C[C@H]3OC[C@H](NC4=CN(C)CC(C(F)(F)F)=N4)[C@@H](O)[C@H]3O)CC2)CC1. The maximum Gasteiger partial charge on any atom is 0.431 e. The molecule has 4 heterocycles. The topological polar surface area (TPSA) is 87.0 Å². The van der Waals surface area contributed by atoms with E-state index >= 15 is 0 Å². The second-order valence-electron chi connectivity index (χ2n) is 11.3. The van der Waals surface area contributed by atoms with Gasteiger partial charge in [0.15, 0.2) is 0 Å². The van der Waals surface area contributed by atoms with Gasteiger partial charge >= 0.3 is 6.18 Å². The molecule has 4 aliphatic rings. The van der Waals surface area contributed by atoms with Crippen LogP contribution in [0.25, 0.3) is 0 Å². The lowest BCUT2D eigenvalue weighted by Crippen LogP contribution is -2.61. The van der Waals surface area contributed by atoms with Gasteiger partial charge in [0, 0.05) is 58.6 Å². The van der Waals surface area contributed by atoms with Gasteiger partial charge in [-0.25, -0.2) is 4.99 Å². The first-order valence-electron chi connectivity index (χ1n) is 13.5. The third kappa shape index (κ3) is 7.57. The summed E-state index contributed by atoms with van der Waals surface area (Å²) in [5.74, 6) is 0.741. The number of aliphatic hydroxyl groups is 2. The van der Waals surface area contributed by atoms with Gasteiger partial charge in [0.2, 0.25) is 0 Å². The number of likely N-dealkylation sites (tertiary alicyclic amines) is 1. The summed E-state index contributed by atoms with van der Waals surface area (Å²) in [6.07, 6.45) is -3.47. The van der Waals surface area contributed by atoms with Crippen molar-refractivity contribution >= 4 is 5.71 Å². The molecule has 4 aliphatic heterocycles. The van der Waals surface area contributed by atoms with E-state index in [1.165, 1.54) is 44.1 Å². The molecule has 0 aromatic heterocycles. The highest BCUT2D eigenvalue weighted by Crippen LogP contribution is 2.24. The molecule has 0 aromatic carbocycles. The molecule has 4 rings (SSSR count). The predicted molar refractivity (Wildman–Crippen MR) is 135 cm³/mol. The summed E-state index contributed by atoms with van der Waals surface area (Å²) in [6.45, 7) is 12.0. The van der Waals surface area contributed by atoms with E-state index in [0.717, 1.165) is 38.6 Å². The second kappa shape index (κ2) is 12.2. The van der Waals surface area contributed by atoms with Gasteiger partial charge in [-0.2, -0.15) is 13.2 Å². The van der Waals surface area contributed by atoms with Crippen molar-refractivity contribution in [2.75, 3.05) is 72.6 Å². The van der Waals surface area contributed by atoms with Crippen molar-refractivity contribution in [3.05, 3.63) is 12.0 Å². The van der Waals surface area contributed by atoms with Gasteiger partial charge < -0.3 is 35.0 Å². The van der Waals surface area contributed by atoms with Gasteiger partial charge in [-0.15, -0.1) is 0 Å². The van der Waals surface area contributed by atoms with E-state index < -0.39 is 36.2 Å². The van der Waals surface area contributed by atoms with Crippen molar-refractivity contribution in [2.45, 2.75) is 63.3 Å². The number of alkyl halides is 3. The van der Waals surface area contributed by atoms with Gasteiger partial charge in [0.1, 0.15) is 23.7 Å². The summed E-state index contributed by atoms with van der Waals surface area (Å²) in [5.41, 5.74) is -0.912. The lowest BCUT2D eigenvalue weighted by Gasteiger charge is -2.43. The van der Waals surface area contributed by atoms with Crippen LogP contribution >= 0.6 is 0 Å². The molecule has 0 radical (unpaired) electrons. The molecule has 0 amide bonds. The second-order valence-corrected chi connectivity index (χ2v) is 11.3. The minimum atomic E-state index is -4.53. The Morgan fingerprint density at radius 2 is 1.65 bits per heavy atom. The van der Waals surface area contributed by atoms with Crippen molar-refractivity contribution in [3.8, 4) is 0 Å². The van der Waals surface area contributed by atoms with Gasteiger partial charge in [-0.05, 0) is 45.7 Å². The highest BCUT2D eigenvalue weighted by atomic mass is 19.4. The average Bonchev–Trinajstić information content (AvgIpc) is 2.84. The molecule has 0 spiro atoms. The molecule has 37 heavy (non-hydrogen) atoms. The van der Waals surface area contributed by atoms with Gasteiger partial charge in [-0.3, -0.25) is 4.90 Å². The Kier molecular flexibility index (Phi) is 9.39. The largest absolute Gasteiger partial charge is 0.431 e. The molecule has 4 atom stereocenters. The van der Waals surface area contributed by atoms with E-state index in [4.69, 9.17) is 4.74 Å². The van der Waals surface area contributed by atoms with Crippen molar-refractivity contribution in [1.29, 1.82) is 0 Å². The number of nitrogens with zero attached hydrogens (tertiary/aromatic N) is 5. The first-order valence-corrected chi connectivity index (χ1v) is 13.5. The lowest BCUT2D eigenvalue weighted by molar-refractivity contribution is -0.156. The fourth-order valence-electron chi connectivity index (χ4n) is 5.71. The van der Waals surface area contributed by atoms with E-state index in [0.29, 0.717) is 12.6 Å². The van der Waals surface area contributed by atoms with Crippen LogP contribution < -0.4 is 5.32 Å². The van der Waals surface area contributed by atoms with Gasteiger partial charge in [0.25, 0.3) is 0 Å². The van der Waals surface area contributed by atoms with E-state index in [-0.39, 0.29) is 19.0 Å². The van der Waals surface area contributed by atoms with Crippen molar-refractivity contribution in [1.82, 2.24) is 24.9 Å². The zero-order chi connectivity index (χ0) is 26.7. The van der Waals surface area contributed by atoms with E-state index in [1.807, 2.05) is 0 Å². The number of piperidine rings is 1. The van der Waals surface area contributed by atoms with Crippen LogP contribution in [0.4, 0.5) is 13.2 Å². The monoisotopic (exact) mass is 532 g/mol. The number of ether oxygens (including phenoxy) is 1. The van der Waals surface area contributed by atoms with Crippen LogP contribution in [0, 0.1) is 5.92 Å². The standard InChI is InChI=1S/C25H43F3N6O3/c1-17(2)34-6-4-18(5-7-34)12-32-8-10-33(11-9-32)13-20-24(36)23(35)19(16-37-20)29-22-15-31(3)14-21(30-22)25(26,27)28/h15,17-20,23-24,29,35-36H,4-14,16H2,1-3H3/t19-,20+,23+,24-/m0/s1. The third-order valence-electron chi connectivity index (χ3n) is 8.09. The van der Waals surface area contributed by atoms with Crippen molar-refractivity contribution in [3.63, 3.8) is 0 Å². The Balaban J connectivity index is 1.20. The van der Waals surface area contributed by atoms with Crippen molar-refractivity contribution < 1.29 is 28.1 Å². The molecule has 0 aromatic rings. The van der Waals surface area contributed by atoms with E-state index in [9.17, 15) is 23.4 Å². The summed E-state index contributed by atoms with van der Waals surface area (Å²) in [6, 6.07) is -0.144. The molecule has 0 bridgehead atoms. The average molecular weight is 533 g/mol. The molecule has 0 unspecified atom stereocenters. The summed E-state index contributed by atoms with van der Waals surface area (Å²) in [4.78, 5) is 12.4. The number of nitrogens with one attached hydrogen (secondary N) is 1. The summed E-state index contributed by atoms with van der Waals surface area (Å²) in [5, 5.41) is 24.3. The fourth-order valence-corrected chi connectivity index (χ4v) is 5.71. The first-order chi connectivity index (χ1) is 17.5. The zero-order valence-corrected chi connectivity index (χ0v) is 22.2. The lowest BCUT2D eigenvalue weighted by atomic mass is 9.95.